The molecule has 0 aliphatic heterocycles. The normalized spacial score (nSPS) is 11.0. The van der Waals surface area contributed by atoms with E-state index in [9.17, 15) is 14.0 Å². The third-order valence-corrected chi connectivity index (χ3v) is 4.67. The molecule has 3 aromatic rings. The lowest BCUT2D eigenvalue weighted by atomic mass is 10.1. The predicted octanol–water partition coefficient (Wildman–Crippen LogP) is 3.80. The topological polar surface area (TPSA) is 76.1 Å². The fourth-order valence-electron chi connectivity index (χ4n) is 2.88. The number of methoxy groups -OCH3 is 1. The summed E-state index contributed by atoms with van der Waals surface area (Å²) < 4.78 is 20.7. The van der Waals surface area contributed by atoms with Gasteiger partial charge in [0, 0.05) is 25.8 Å². The smallest absolute Gasteiger partial charge is 0.262 e. The maximum absolute atomic E-state index is 14.0. The Bertz CT molecular complexity index is 1150. The fraction of sp³-hybridized carbons (Fsp3) is 0.250. The second kappa shape index (κ2) is 8.45. The lowest BCUT2D eigenvalue weighted by Gasteiger charge is -2.10. The molecule has 0 saturated carbocycles. The summed E-state index contributed by atoms with van der Waals surface area (Å²) in [6.45, 7) is 2.73. The van der Waals surface area contributed by atoms with E-state index in [1.54, 1.807) is 26.2 Å². The van der Waals surface area contributed by atoms with Crippen LogP contribution in [0.15, 0.2) is 41.2 Å². The van der Waals surface area contributed by atoms with Gasteiger partial charge in [0.2, 0.25) is 0 Å². The number of halogens is 1. The van der Waals surface area contributed by atoms with Crippen molar-refractivity contribution in [2.75, 3.05) is 19.0 Å². The average molecular weight is 401 g/mol. The lowest BCUT2D eigenvalue weighted by Crippen LogP contribution is -2.23. The SMILES string of the molecule is COCCCn1c(=S)[nH]c2cc(C(=O)Nc3ccc(C)cc3F)ccc2c1=O. The molecule has 8 heteroatoms. The van der Waals surface area contributed by atoms with Gasteiger partial charge in [-0.3, -0.25) is 14.2 Å². The van der Waals surface area contributed by atoms with E-state index in [0.29, 0.717) is 30.5 Å². The molecule has 3 rings (SSSR count). The maximum Gasteiger partial charge on any atom is 0.262 e. The minimum atomic E-state index is -0.507. The van der Waals surface area contributed by atoms with E-state index in [1.165, 1.54) is 28.8 Å². The highest BCUT2D eigenvalue weighted by Gasteiger charge is 2.12. The van der Waals surface area contributed by atoms with Crippen molar-refractivity contribution >= 4 is 34.7 Å². The van der Waals surface area contributed by atoms with Crippen LogP contribution in [-0.2, 0) is 11.3 Å². The van der Waals surface area contributed by atoms with Crippen molar-refractivity contribution in [3.8, 4) is 0 Å². The zero-order valence-electron chi connectivity index (χ0n) is 15.5. The van der Waals surface area contributed by atoms with Crippen LogP contribution >= 0.6 is 12.2 Å². The predicted molar refractivity (Wildman–Crippen MR) is 109 cm³/mol. The number of nitrogens with one attached hydrogen (secondary N) is 2. The highest BCUT2D eigenvalue weighted by Crippen LogP contribution is 2.18. The first-order chi connectivity index (χ1) is 13.4. The number of benzene rings is 2. The van der Waals surface area contributed by atoms with Crippen molar-refractivity contribution < 1.29 is 13.9 Å². The minimum Gasteiger partial charge on any atom is -0.385 e. The Morgan fingerprint density at radius 1 is 1.29 bits per heavy atom. The number of anilines is 1. The molecular weight excluding hydrogens is 381 g/mol. The Labute approximate surface area is 166 Å². The molecule has 0 spiro atoms. The molecule has 0 fully saturated rings. The number of aromatic amines is 1. The van der Waals surface area contributed by atoms with Crippen molar-refractivity contribution in [2.24, 2.45) is 0 Å². The molecule has 1 heterocycles. The maximum atomic E-state index is 14.0. The second-order valence-electron chi connectivity index (χ2n) is 6.43. The lowest BCUT2D eigenvalue weighted by molar-refractivity contribution is 0.102. The molecule has 0 unspecified atom stereocenters. The zero-order chi connectivity index (χ0) is 20.3. The van der Waals surface area contributed by atoms with Gasteiger partial charge in [-0.1, -0.05) is 6.07 Å². The third-order valence-electron chi connectivity index (χ3n) is 4.35. The Morgan fingerprint density at radius 2 is 2.07 bits per heavy atom. The molecule has 6 nitrogen and oxygen atoms in total. The molecule has 0 saturated heterocycles. The molecule has 146 valence electrons. The van der Waals surface area contributed by atoms with Crippen molar-refractivity contribution in [1.82, 2.24) is 9.55 Å². The van der Waals surface area contributed by atoms with Crippen molar-refractivity contribution in [3.63, 3.8) is 0 Å². The minimum absolute atomic E-state index is 0.0946. The number of H-pyrrole nitrogens is 1. The summed E-state index contributed by atoms with van der Waals surface area (Å²) in [7, 11) is 1.60. The molecule has 0 radical (unpaired) electrons. The zero-order valence-corrected chi connectivity index (χ0v) is 16.4. The quantitative estimate of drug-likeness (QED) is 0.487. The van der Waals surface area contributed by atoms with Gasteiger partial charge in [0.1, 0.15) is 5.82 Å². The summed E-state index contributed by atoms with van der Waals surface area (Å²) in [6.07, 6.45) is 0.655. The summed E-state index contributed by atoms with van der Waals surface area (Å²) in [6, 6.07) is 9.20. The number of ether oxygens (including phenoxy) is 1. The van der Waals surface area contributed by atoms with E-state index in [2.05, 4.69) is 10.3 Å². The molecular formula is C20H20FN3O3S. The van der Waals surface area contributed by atoms with Crippen LogP contribution in [0.25, 0.3) is 10.9 Å². The molecule has 2 N–H and O–H groups in total. The van der Waals surface area contributed by atoms with Crippen LogP contribution in [0, 0.1) is 17.5 Å². The van der Waals surface area contributed by atoms with E-state index in [1.807, 2.05) is 0 Å². The van der Waals surface area contributed by atoms with E-state index in [4.69, 9.17) is 17.0 Å². The number of hydrogen-bond acceptors (Lipinski definition) is 4. The average Bonchev–Trinajstić information content (AvgIpc) is 2.66. The Hall–Kier alpha value is -2.84. The van der Waals surface area contributed by atoms with E-state index >= 15 is 0 Å². The first kappa shape index (κ1) is 19.9. The number of rotatable bonds is 6. The monoisotopic (exact) mass is 401 g/mol. The number of hydrogen-bond donors (Lipinski definition) is 2. The van der Waals surface area contributed by atoms with Crippen LogP contribution < -0.4 is 10.9 Å². The number of nitrogens with zero attached hydrogens (tertiary/aromatic N) is 1. The van der Waals surface area contributed by atoms with Crippen LogP contribution in [0.3, 0.4) is 0 Å². The molecule has 0 bridgehead atoms. The number of amides is 1. The number of fused-ring (bicyclic) bond motifs is 1. The summed E-state index contributed by atoms with van der Waals surface area (Å²) in [5, 5.41) is 2.96. The van der Waals surface area contributed by atoms with E-state index in [-0.39, 0.29) is 21.6 Å². The highest BCUT2D eigenvalue weighted by molar-refractivity contribution is 7.71. The first-order valence-corrected chi connectivity index (χ1v) is 9.15. The Kier molecular flexibility index (Phi) is 6.01. The number of carbonyl (C=O) groups is 1. The van der Waals surface area contributed by atoms with Gasteiger partial charge in [0.15, 0.2) is 4.77 Å². The number of aromatic nitrogens is 2. The third kappa shape index (κ3) is 4.18. The summed E-state index contributed by atoms with van der Waals surface area (Å²) in [5.74, 6) is -0.985. The van der Waals surface area contributed by atoms with Gasteiger partial charge in [-0.05, 0) is 61.5 Å². The highest BCUT2D eigenvalue weighted by atomic mass is 32.1. The molecule has 0 aliphatic carbocycles. The van der Waals surface area contributed by atoms with Crippen LogP contribution in [0.4, 0.5) is 10.1 Å². The van der Waals surface area contributed by atoms with Crippen molar-refractivity contribution in [3.05, 3.63) is 68.5 Å². The fourth-order valence-corrected chi connectivity index (χ4v) is 3.17. The first-order valence-electron chi connectivity index (χ1n) is 8.74. The molecule has 0 aliphatic rings. The van der Waals surface area contributed by atoms with Crippen LogP contribution in [-0.4, -0.2) is 29.2 Å². The van der Waals surface area contributed by atoms with Crippen LogP contribution in [0.2, 0.25) is 0 Å². The van der Waals surface area contributed by atoms with Crippen LogP contribution in [0.5, 0.6) is 0 Å². The Morgan fingerprint density at radius 3 is 2.79 bits per heavy atom. The van der Waals surface area contributed by atoms with Crippen molar-refractivity contribution in [1.29, 1.82) is 0 Å². The Balaban J connectivity index is 1.91. The van der Waals surface area contributed by atoms with Gasteiger partial charge in [-0.2, -0.15) is 0 Å². The van der Waals surface area contributed by atoms with Gasteiger partial charge < -0.3 is 15.0 Å². The summed E-state index contributed by atoms with van der Waals surface area (Å²) in [5.41, 5.74) is 1.36. The van der Waals surface area contributed by atoms with E-state index in [0.717, 1.165) is 5.56 Å². The largest absolute Gasteiger partial charge is 0.385 e. The molecule has 28 heavy (non-hydrogen) atoms. The molecule has 1 aromatic heterocycles. The molecule has 0 atom stereocenters. The molecule has 1 amide bonds. The van der Waals surface area contributed by atoms with Gasteiger partial charge in [0.25, 0.3) is 11.5 Å². The number of aryl methyl sites for hydroxylation is 1. The van der Waals surface area contributed by atoms with Crippen molar-refractivity contribution in [2.45, 2.75) is 19.9 Å². The van der Waals surface area contributed by atoms with Gasteiger partial charge in [0.05, 0.1) is 16.6 Å². The number of carbonyl (C=O) groups excluding carboxylic acids is 1. The second-order valence-corrected chi connectivity index (χ2v) is 6.82. The van der Waals surface area contributed by atoms with Crippen LogP contribution in [0.1, 0.15) is 22.3 Å². The van der Waals surface area contributed by atoms with Gasteiger partial charge >= 0.3 is 0 Å². The van der Waals surface area contributed by atoms with Gasteiger partial charge in [-0.25, -0.2) is 4.39 Å². The summed E-state index contributed by atoms with van der Waals surface area (Å²) in [4.78, 5) is 28.2. The summed E-state index contributed by atoms with van der Waals surface area (Å²) >= 11 is 5.28. The standard InChI is InChI=1S/C20H20FN3O3S/c1-12-4-7-16(15(21)10-12)22-18(25)13-5-6-14-17(11-13)23-20(28)24(19(14)26)8-3-9-27-2/h4-7,10-11H,3,8-9H2,1-2H3,(H,22,25)(H,23,28). The van der Waals surface area contributed by atoms with Gasteiger partial charge in [-0.15, -0.1) is 0 Å². The molecule has 2 aromatic carbocycles. The van der Waals surface area contributed by atoms with E-state index < -0.39 is 11.7 Å².